The molecule has 0 spiro atoms. The van der Waals surface area contributed by atoms with Gasteiger partial charge in [0.05, 0.1) is 19.3 Å². The average Bonchev–Trinajstić information content (AvgIpc) is 2.93. The summed E-state index contributed by atoms with van der Waals surface area (Å²) in [6, 6.07) is 0. The molecule has 1 aliphatic rings. The number of ether oxygens (including phenoxy) is 1. The summed E-state index contributed by atoms with van der Waals surface area (Å²) in [5.41, 5.74) is 0.0775. The first-order valence-electron chi connectivity index (χ1n) is 5.24. The van der Waals surface area contributed by atoms with Gasteiger partial charge < -0.3 is 14.8 Å². The van der Waals surface area contributed by atoms with Gasteiger partial charge in [0, 0.05) is 0 Å². The van der Waals surface area contributed by atoms with Gasteiger partial charge in [-0.15, -0.1) is 0 Å². The van der Waals surface area contributed by atoms with Crippen molar-refractivity contribution in [3.05, 3.63) is 34.9 Å². The Kier molecular flexibility index (Phi) is 2.46. The van der Waals surface area contributed by atoms with E-state index in [0.717, 1.165) is 0 Å². The lowest BCUT2D eigenvalue weighted by Crippen LogP contribution is -2.17. The number of aliphatic hydroxyl groups is 1. The summed E-state index contributed by atoms with van der Waals surface area (Å²) in [5, 5.41) is 8.91. The molecule has 0 amide bonds. The van der Waals surface area contributed by atoms with E-state index < -0.39 is 24.8 Å². The summed E-state index contributed by atoms with van der Waals surface area (Å²) in [6.45, 7) is -0.445. The Labute approximate surface area is 99.6 Å². The number of H-pyrrole nitrogens is 1. The molecule has 2 aromatic heterocycles. The molecule has 0 saturated carbocycles. The zero-order valence-electron chi connectivity index (χ0n) is 9.08. The van der Waals surface area contributed by atoms with Crippen LogP contribution in [0.25, 0.3) is 11.2 Å². The molecule has 2 N–H and O–H groups in total. The van der Waals surface area contributed by atoms with E-state index in [0.29, 0.717) is 5.65 Å². The lowest BCUT2D eigenvalue weighted by atomic mass is 10.3. The summed E-state index contributed by atoms with van der Waals surface area (Å²) < 4.78 is 20.1. The highest BCUT2D eigenvalue weighted by Gasteiger charge is 2.29. The van der Waals surface area contributed by atoms with E-state index in [1.807, 2.05) is 0 Å². The minimum Gasteiger partial charge on any atom is -0.393 e. The third-order valence-electron chi connectivity index (χ3n) is 2.72. The van der Waals surface area contributed by atoms with E-state index in [1.165, 1.54) is 23.3 Å². The van der Waals surface area contributed by atoms with Gasteiger partial charge in [-0.1, -0.05) is 0 Å². The van der Waals surface area contributed by atoms with E-state index in [4.69, 9.17) is 9.84 Å². The van der Waals surface area contributed by atoms with Crippen LogP contribution in [-0.2, 0) is 4.74 Å². The Balaban J connectivity index is 2.07. The second kappa shape index (κ2) is 4.00. The Morgan fingerprint density at radius 2 is 2.39 bits per heavy atom. The average molecular weight is 252 g/mol. The van der Waals surface area contributed by atoms with Crippen molar-refractivity contribution in [1.82, 2.24) is 19.5 Å². The van der Waals surface area contributed by atoms with Crippen molar-refractivity contribution < 1.29 is 14.2 Å². The molecule has 0 unspecified atom stereocenters. The molecule has 3 heterocycles. The number of halogens is 1. The smallest absolute Gasteiger partial charge is 0.278 e. The fourth-order valence-corrected chi connectivity index (χ4v) is 1.84. The molecule has 0 radical (unpaired) electrons. The number of nitrogens with zero attached hydrogens (tertiary/aromatic N) is 3. The van der Waals surface area contributed by atoms with Crippen LogP contribution in [0.15, 0.2) is 29.4 Å². The van der Waals surface area contributed by atoms with E-state index >= 15 is 0 Å². The fraction of sp³-hybridized carbons (Fsp3) is 0.300. The molecule has 1 aliphatic heterocycles. The number of aliphatic hydroxyl groups excluding tert-OH is 1. The molecule has 2 atom stereocenters. The first-order chi connectivity index (χ1) is 8.70. The first-order valence-corrected chi connectivity index (χ1v) is 5.24. The molecule has 0 fully saturated rings. The van der Waals surface area contributed by atoms with Crippen LogP contribution >= 0.6 is 0 Å². The third kappa shape index (κ3) is 1.54. The summed E-state index contributed by atoms with van der Waals surface area (Å²) in [7, 11) is 0. The molecule has 0 aliphatic carbocycles. The molecule has 0 bridgehead atoms. The standard InChI is InChI=1S/C10H9FN4O3/c11-5-1-7(18-6(5)2-16)15-4-14-8-9(15)12-3-13-10(8)17/h1,3-4,6-7,16H,2H2,(H,12,13,17)/t6-,7+/m0/s1. The number of aromatic amines is 1. The second-order valence-electron chi connectivity index (χ2n) is 3.81. The van der Waals surface area contributed by atoms with Crippen molar-refractivity contribution >= 4 is 11.2 Å². The van der Waals surface area contributed by atoms with Gasteiger partial charge >= 0.3 is 0 Å². The minimum absolute atomic E-state index is 0.155. The molecule has 0 saturated heterocycles. The SMILES string of the molecule is O=c1[nH]cnc2c1ncn2[C@H]1C=C(F)[C@H](CO)O1. The molecule has 3 rings (SSSR count). The largest absolute Gasteiger partial charge is 0.393 e. The lowest BCUT2D eigenvalue weighted by Gasteiger charge is -2.13. The van der Waals surface area contributed by atoms with Crippen molar-refractivity contribution in [1.29, 1.82) is 0 Å². The minimum atomic E-state index is -0.977. The Hall–Kier alpha value is -2.06. The number of fused-ring (bicyclic) bond motifs is 1. The highest BCUT2D eigenvalue weighted by Crippen LogP contribution is 2.28. The summed E-state index contributed by atoms with van der Waals surface area (Å²) in [6.07, 6.45) is 2.06. The quantitative estimate of drug-likeness (QED) is 0.776. The van der Waals surface area contributed by atoms with Gasteiger partial charge in [-0.05, 0) is 6.08 Å². The van der Waals surface area contributed by atoms with Crippen molar-refractivity contribution in [3.63, 3.8) is 0 Å². The van der Waals surface area contributed by atoms with Crippen LogP contribution in [-0.4, -0.2) is 37.3 Å². The van der Waals surface area contributed by atoms with Gasteiger partial charge in [0.15, 0.2) is 17.4 Å². The number of imidazole rings is 1. The van der Waals surface area contributed by atoms with Gasteiger partial charge in [0.2, 0.25) is 0 Å². The molecule has 94 valence electrons. The third-order valence-corrected chi connectivity index (χ3v) is 2.72. The van der Waals surface area contributed by atoms with Crippen LogP contribution in [0.5, 0.6) is 0 Å². The zero-order valence-corrected chi connectivity index (χ0v) is 9.08. The summed E-state index contributed by atoms with van der Waals surface area (Å²) >= 11 is 0. The van der Waals surface area contributed by atoms with Crippen LogP contribution < -0.4 is 5.56 Å². The van der Waals surface area contributed by atoms with Crippen molar-refractivity contribution in [2.45, 2.75) is 12.3 Å². The summed E-state index contributed by atoms with van der Waals surface area (Å²) in [4.78, 5) is 21.7. The second-order valence-corrected chi connectivity index (χ2v) is 3.81. The lowest BCUT2D eigenvalue weighted by molar-refractivity contribution is -0.0163. The summed E-state index contributed by atoms with van der Waals surface area (Å²) in [5.74, 6) is -0.547. The van der Waals surface area contributed by atoms with Crippen LogP contribution in [0.2, 0.25) is 0 Å². The van der Waals surface area contributed by atoms with Crippen molar-refractivity contribution in [3.8, 4) is 0 Å². The van der Waals surface area contributed by atoms with E-state index in [1.54, 1.807) is 0 Å². The van der Waals surface area contributed by atoms with Gasteiger partial charge in [0.1, 0.15) is 11.9 Å². The number of hydrogen-bond acceptors (Lipinski definition) is 5. The van der Waals surface area contributed by atoms with Crippen LogP contribution in [0.1, 0.15) is 6.23 Å². The predicted octanol–water partition coefficient (Wildman–Crippen LogP) is -0.137. The van der Waals surface area contributed by atoms with Crippen LogP contribution in [0, 0.1) is 0 Å². The Morgan fingerprint density at radius 1 is 1.56 bits per heavy atom. The number of nitrogens with one attached hydrogen (secondary N) is 1. The van der Waals surface area contributed by atoms with Crippen LogP contribution in [0.3, 0.4) is 0 Å². The maximum Gasteiger partial charge on any atom is 0.278 e. The zero-order chi connectivity index (χ0) is 12.7. The monoisotopic (exact) mass is 252 g/mol. The number of rotatable bonds is 2. The normalized spacial score (nSPS) is 23.6. The van der Waals surface area contributed by atoms with E-state index in [2.05, 4.69) is 15.0 Å². The fourth-order valence-electron chi connectivity index (χ4n) is 1.84. The maximum atomic E-state index is 13.4. The topological polar surface area (TPSA) is 93.0 Å². The molecule has 8 heteroatoms. The number of hydrogen-bond donors (Lipinski definition) is 2. The van der Waals surface area contributed by atoms with Gasteiger partial charge in [-0.2, -0.15) is 0 Å². The van der Waals surface area contributed by atoms with Gasteiger partial charge in [0.25, 0.3) is 5.56 Å². The predicted molar refractivity (Wildman–Crippen MR) is 58.3 cm³/mol. The molecule has 2 aromatic rings. The molecular formula is C10H9FN4O3. The first kappa shape index (κ1) is 11.1. The number of aromatic nitrogens is 4. The van der Waals surface area contributed by atoms with Gasteiger partial charge in [-0.25, -0.2) is 14.4 Å². The molecule has 0 aromatic carbocycles. The van der Waals surface area contributed by atoms with Crippen molar-refractivity contribution in [2.24, 2.45) is 0 Å². The molecular weight excluding hydrogens is 243 g/mol. The maximum absolute atomic E-state index is 13.4. The van der Waals surface area contributed by atoms with E-state index in [-0.39, 0.29) is 11.1 Å². The highest BCUT2D eigenvalue weighted by molar-refractivity contribution is 5.69. The molecule has 18 heavy (non-hydrogen) atoms. The Morgan fingerprint density at radius 3 is 3.11 bits per heavy atom. The Bertz CT molecular complexity index is 677. The highest BCUT2D eigenvalue weighted by atomic mass is 19.1. The van der Waals surface area contributed by atoms with Crippen molar-refractivity contribution in [2.75, 3.05) is 6.61 Å². The van der Waals surface area contributed by atoms with Crippen LogP contribution in [0.4, 0.5) is 4.39 Å². The molecule has 7 nitrogen and oxygen atoms in total. The van der Waals surface area contributed by atoms with E-state index in [9.17, 15) is 9.18 Å². The van der Waals surface area contributed by atoms with Gasteiger partial charge in [-0.3, -0.25) is 9.36 Å².